The maximum absolute atomic E-state index is 0. The van der Waals surface area contributed by atoms with Crippen LogP contribution in [0, 0.1) is 0 Å². The molecule has 3 nitrogen and oxygen atoms in total. The van der Waals surface area contributed by atoms with Crippen LogP contribution in [0.2, 0.25) is 0 Å². The quantitative estimate of drug-likeness (QED) is 0.405. The molecule has 0 N–H and O–H groups in total. The second-order valence-corrected chi connectivity index (χ2v) is 0. The summed E-state index contributed by atoms with van der Waals surface area (Å²) in [5, 5.41) is 0. The zero-order valence-electron chi connectivity index (χ0n) is 2.63. The van der Waals surface area contributed by atoms with Crippen molar-refractivity contribution in [2.75, 3.05) is 0 Å². The Kier molecular flexibility index (Phi) is 782. The van der Waals surface area contributed by atoms with E-state index in [1.165, 1.54) is 0 Å². The molecule has 0 unspecified atom stereocenters. The first-order valence-corrected chi connectivity index (χ1v) is 0. The zero-order chi connectivity index (χ0) is 0. The molecule has 0 heterocycles. The van der Waals surface area contributed by atoms with E-state index in [9.17, 15) is 0 Å². The Hall–Kier alpha value is 1.57. The maximum atomic E-state index is 0. The fourth-order valence-corrected chi connectivity index (χ4v) is 0. The molecule has 0 aliphatic rings. The molecular formula is NaO3W-5. The average Bonchev–Trinajstić information content (AvgIpc) is 0. The molecule has 0 saturated carbocycles. The van der Waals surface area contributed by atoms with E-state index in [4.69, 9.17) is 0 Å². The van der Waals surface area contributed by atoms with Crippen LogP contribution >= 0.6 is 0 Å². The van der Waals surface area contributed by atoms with Crippen LogP contribution in [0.25, 0.3) is 0 Å². The van der Waals surface area contributed by atoms with E-state index in [2.05, 4.69) is 0 Å². The number of hydrogen-bond donors (Lipinski definition) is 0. The van der Waals surface area contributed by atoms with Gasteiger partial charge in [-0.3, -0.25) is 0 Å². The monoisotopic (exact) mass is 255 g/mol. The third kappa shape index (κ3) is 28.8. The first-order chi connectivity index (χ1) is 0. The van der Waals surface area contributed by atoms with Gasteiger partial charge in [-0.2, -0.15) is 0 Å². The van der Waals surface area contributed by atoms with Crippen molar-refractivity contribution >= 4 is 0 Å². The number of hydrogen-bond acceptors (Lipinski definition) is 0. The van der Waals surface area contributed by atoms with Crippen molar-refractivity contribution in [1.82, 2.24) is 0 Å². The van der Waals surface area contributed by atoms with E-state index < -0.39 is 0 Å². The van der Waals surface area contributed by atoms with Gasteiger partial charge in [0.25, 0.3) is 0 Å². The summed E-state index contributed by atoms with van der Waals surface area (Å²) in [6.45, 7) is 0. The van der Waals surface area contributed by atoms with Crippen LogP contribution < -0.4 is 29.6 Å². The molecule has 0 spiro atoms. The van der Waals surface area contributed by atoms with Gasteiger partial charge in [-0.15, -0.1) is 0 Å². The first-order valence-electron chi connectivity index (χ1n) is 0. The molecule has 0 aliphatic heterocycles. The summed E-state index contributed by atoms with van der Waals surface area (Å²) >= 11 is 0. The van der Waals surface area contributed by atoms with Gasteiger partial charge in [-0.1, -0.05) is 0 Å². The molecule has 0 fully saturated rings. The number of rotatable bonds is 0. The van der Waals surface area contributed by atoms with Crippen molar-refractivity contribution in [3.05, 3.63) is 0 Å². The standard InChI is InChI=1S/Na.3O.W/q+1;3*-2;. The van der Waals surface area contributed by atoms with Crippen LogP contribution in [0.15, 0.2) is 0 Å². The topological polar surface area (TPSA) is 85.5 Å². The summed E-state index contributed by atoms with van der Waals surface area (Å²) in [5.74, 6) is 0. The predicted octanol–water partition coefficient (Wildman–Crippen LogP) is -3.35. The van der Waals surface area contributed by atoms with E-state index in [1.54, 1.807) is 0 Å². The molecule has 0 bridgehead atoms. The largest absolute Gasteiger partial charge is 2.00 e. The molecule has 5 heavy (non-hydrogen) atoms. The van der Waals surface area contributed by atoms with Crippen LogP contribution in [0.1, 0.15) is 0 Å². The van der Waals surface area contributed by atoms with Crippen molar-refractivity contribution in [2.45, 2.75) is 0 Å². The molecule has 0 rings (SSSR count). The Morgan fingerprint density at radius 1 is 0.600 bits per heavy atom. The molecular weight excluding hydrogens is 255 g/mol. The van der Waals surface area contributed by atoms with Gasteiger partial charge in [0.05, 0.1) is 0 Å². The van der Waals surface area contributed by atoms with Crippen LogP contribution in [-0.4, -0.2) is 0 Å². The maximum Gasteiger partial charge on any atom is 1.00 e. The normalized spacial score (nSPS) is 0. The summed E-state index contributed by atoms with van der Waals surface area (Å²) in [6.07, 6.45) is 0. The minimum Gasteiger partial charge on any atom is -2.00 e. The van der Waals surface area contributed by atoms with Gasteiger partial charge in [-0.05, 0) is 0 Å². The third-order valence-corrected chi connectivity index (χ3v) is 0. The van der Waals surface area contributed by atoms with E-state index in [-0.39, 0.29) is 67.1 Å². The Balaban J connectivity index is 0. The van der Waals surface area contributed by atoms with E-state index >= 15 is 0 Å². The first kappa shape index (κ1) is 82.8. The Morgan fingerprint density at radius 3 is 0.600 bits per heavy atom. The summed E-state index contributed by atoms with van der Waals surface area (Å²) in [6, 6.07) is 0. The summed E-state index contributed by atoms with van der Waals surface area (Å²) in [5.41, 5.74) is 0. The predicted molar refractivity (Wildman–Crippen MR) is 2.06 cm³/mol. The zero-order valence-corrected chi connectivity index (χ0v) is 7.57. The second kappa shape index (κ2) is 47.2. The Morgan fingerprint density at radius 2 is 0.600 bits per heavy atom. The summed E-state index contributed by atoms with van der Waals surface area (Å²) < 4.78 is 0. The second-order valence-electron chi connectivity index (χ2n) is 0. The molecule has 0 radical (unpaired) electrons. The molecule has 30 valence electrons. The van der Waals surface area contributed by atoms with Crippen LogP contribution in [0.3, 0.4) is 0 Å². The summed E-state index contributed by atoms with van der Waals surface area (Å²) in [4.78, 5) is 0. The van der Waals surface area contributed by atoms with E-state index in [0.29, 0.717) is 0 Å². The molecule has 0 aromatic heterocycles. The van der Waals surface area contributed by atoms with Crippen LogP contribution in [0.5, 0.6) is 0 Å². The van der Waals surface area contributed by atoms with Crippen LogP contribution in [0.4, 0.5) is 0 Å². The molecule has 0 atom stereocenters. The minimum atomic E-state index is 0. The fraction of sp³-hybridized carbons (Fsp3) is 0. The van der Waals surface area contributed by atoms with Crippen molar-refractivity contribution in [1.29, 1.82) is 0 Å². The van der Waals surface area contributed by atoms with E-state index in [1.807, 2.05) is 0 Å². The van der Waals surface area contributed by atoms with Crippen molar-refractivity contribution in [3.8, 4) is 0 Å². The Bertz CT molecular complexity index is 6.85. The molecule has 0 saturated heterocycles. The van der Waals surface area contributed by atoms with E-state index in [0.717, 1.165) is 0 Å². The summed E-state index contributed by atoms with van der Waals surface area (Å²) in [7, 11) is 0. The third-order valence-electron chi connectivity index (χ3n) is 0. The van der Waals surface area contributed by atoms with Crippen molar-refractivity contribution in [2.24, 2.45) is 0 Å². The van der Waals surface area contributed by atoms with Crippen LogP contribution in [-0.2, 0) is 37.5 Å². The van der Waals surface area contributed by atoms with Gasteiger partial charge in [0.1, 0.15) is 0 Å². The van der Waals surface area contributed by atoms with Gasteiger partial charge in [-0.25, -0.2) is 0 Å². The van der Waals surface area contributed by atoms with Gasteiger partial charge >= 0.3 is 29.6 Å². The van der Waals surface area contributed by atoms with Crippen molar-refractivity contribution < 1.29 is 67.1 Å². The molecule has 0 aromatic rings. The molecule has 0 aliphatic carbocycles. The smallest absolute Gasteiger partial charge is 1.00 e. The van der Waals surface area contributed by atoms with Crippen molar-refractivity contribution in [3.63, 3.8) is 0 Å². The molecule has 0 aromatic carbocycles. The van der Waals surface area contributed by atoms with Gasteiger partial charge in [0, 0.05) is 21.1 Å². The van der Waals surface area contributed by atoms with Gasteiger partial charge < -0.3 is 16.4 Å². The fourth-order valence-electron chi connectivity index (χ4n) is 0. The average molecular weight is 255 g/mol. The minimum absolute atomic E-state index is 0. The Labute approximate surface area is 66.6 Å². The molecule has 5 heteroatoms. The SMILES string of the molecule is [Na+].[O-2].[O-2].[O-2].[W]. The molecule has 0 amide bonds. The van der Waals surface area contributed by atoms with Gasteiger partial charge in [0.15, 0.2) is 0 Å². The van der Waals surface area contributed by atoms with Gasteiger partial charge in [0.2, 0.25) is 0 Å².